The highest BCUT2D eigenvalue weighted by atomic mass is 15.2. The normalized spacial score (nSPS) is 11.1. The second-order valence-corrected chi connectivity index (χ2v) is 5.77. The van der Waals surface area contributed by atoms with E-state index in [0.29, 0.717) is 5.92 Å². The van der Waals surface area contributed by atoms with Gasteiger partial charge in [-0.05, 0) is 43.5 Å². The fourth-order valence-corrected chi connectivity index (χ4v) is 2.03. The Bertz CT molecular complexity index is 374. The summed E-state index contributed by atoms with van der Waals surface area (Å²) in [5.41, 5.74) is 2.42. The van der Waals surface area contributed by atoms with E-state index in [0.717, 1.165) is 31.1 Å². The first-order chi connectivity index (χ1) is 9.02. The molecule has 1 heterocycles. The molecule has 0 aliphatic heterocycles. The summed E-state index contributed by atoms with van der Waals surface area (Å²) in [5, 5.41) is 3.49. The van der Waals surface area contributed by atoms with E-state index in [9.17, 15) is 0 Å². The van der Waals surface area contributed by atoms with Gasteiger partial charge in [0.25, 0.3) is 0 Å². The fourth-order valence-electron chi connectivity index (χ4n) is 2.03. The largest absolute Gasteiger partial charge is 0.360 e. The van der Waals surface area contributed by atoms with Gasteiger partial charge in [0, 0.05) is 25.8 Å². The van der Waals surface area contributed by atoms with Crippen LogP contribution in [0.3, 0.4) is 0 Å². The maximum atomic E-state index is 4.63. The fraction of sp³-hybridized carbons (Fsp3) is 0.688. The third kappa shape index (κ3) is 6.06. The molecule has 0 radical (unpaired) electrons. The van der Waals surface area contributed by atoms with Crippen LogP contribution in [-0.4, -0.2) is 25.1 Å². The van der Waals surface area contributed by atoms with Crippen molar-refractivity contribution in [2.24, 2.45) is 5.92 Å². The van der Waals surface area contributed by atoms with Crippen molar-refractivity contribution in [3.05, 3.63) is 23.4 Å². The predicted octanol–water partition coefficient (Wildman–Crippen LogP) is 3.37. The van der Waals surface area contributed by atoms with E-state index in [1.165, 1.54) is 18.4 Å². The molecule has 19 heavy (non-hydrogen) atoms. The molecule has 3 nitrogen and oxygen atoms in total. The zero-order chi connectivity index (χ0) is 14.3. The molecule has 0 aliphatic carbocycles. The Balaban J connectivity index is 2.65. The second kappa shape index (κ2) is 8.16. The number of aromatic nitrogens is 1. The second-order valence-electron chi connectivity index (χ2n) is 5.77. The van der Waals surface area contributed by atoms with E-state index in [4.69, 9.17) is 0 Å². The third-order valence-electron chi connectivity index (χ3n) is 3.12. The van der Waals surface area contributed by atoms with Crippen molar-refractivity contribution in [1.29, 1.82) is 0 Å². The van der Waals surface area contributed by atoms with Crippen LogP contribution in [0.25, 0.3) is 0 Å². The van der Waals surface area contributed by atoms with Crippen LogP contribution in [0.1, 0.15) is 44.9 Å². The standard InChI is InChI=1S/C16H29N3/c1-6-7-8-19(5)16-10-15(9-14(4)18-16)12-17-11-13(2)3/h9-10,13,17H,6-8,11-12H2,1-5H3. The molecular weight excluding hydrogens is 234 g/mol. The molecule has 0 bridgehead atoms. The minimum absolute atomic E-state index is 0.689. The minimum atomic E-state index is 0.689. The summed E-state index contributed by atoms with van der Waals surface area (Å²) in [6.07, 6.45) is 2.44. The lowest BCUT2D eigenvalue weighted by Gasteiger charge is -2.19. The number of nitrogens with zero attached hydrogens (tertiary/aromatic N) is 2. The van der Waals surface area contributed by atoms with Crippen LogP contribution in [0.4, 0.5) is 5.82 Å². The zero-order valence-electron chi connectivity index (χ0n) is 13.2. The average Bonchev–Trinajstić information content (AvgIpc) is 2.34. The number of hydrogen-bond acceptors (Lipinski definition) is 3. The molecule has 0 fully saturated rings. The number of pyridine rings is 1. The van der Waals surface area contributed by atoms with Gasteiger partial charge in [-0.1, -0.05) is 27.2 Å². The molecule has 1 aromatic rings. The first kappa shape index (κ1) is 16.0. The Morgan fingerprint density at radius 1 is 1.32 bits per heavy atom. The summed E-state index contributed by atoms with van der Waals surface area (Å²) < 4.78 is 0. The van der Waals surface area contributed by atoms with Crippen molar-refractivity contribution in [3.8, 4) is 0 Å². The molecule has 0 amide bonds. The van der Waals surface area contributed by atoms with Gasteiger partial charge in [0.1, 0.15) is 5.82 Å². The first-order valence-corrected chi connectivity index (χ1v) is 7.42. The van der Waals surface area contributed by atoms with E-state index < -0.39 is 0 Å². The molecular formula is C16H29N3. The van der Waals surface area contributed by atoms with Gasteiger partial charge in [0.05, 0.1) is 0 Å². The van der Waals surface area contributed by atoms with Gasteiger partial charge in [-0.25, -0.2) is 4.98 Å². The first-order valence-electron chi connectivity index (χ1n) is 7.42. The molecule has 1 N–H and O–H groups in total. The predicted molar refractivity (Wildman–Crippen MR) is 83.7 cm³/mol. The highest BCUT2D eigenvalue weighted by Gasteiger charge is 2.05. The lowest BCUT2D eigenvalue weighted by molar-refractivity contribution is 0.552. The number of unbranched alkanes of at least 4 members (excludes halogenated alkanes) is 1. The van der Waals surface area contributed by atoms with Crippen LogP contribution in [0.15, 0.2) is 12.1 Å². The molecule has 3 heteroatoms. The number of anilines is 1. The van der Waals surface area contributed by atoms with Crippen molar-refractivity contribution >= 4 is 5.82 Å². The number of aryl methyl sites for hydroxylation is 1. The highest BCUT2D eigenvalue weighted by Crippen LogP contribution is 2.14. The topological polar surface area (TPSA) is 28.2 Å². The molecule has 0 aliphatic rings. The van der Waals surface area contributed by atoms with Crippen LogP contribution in [0.5, 0.6) is 0 Å². The van der Waals surface area contributed by atoms with E-state index >= 15 is 0 Å². The van der Waals surface area contributed by atoms with E-state index in [1.807, 2.05) is 0 Å². The Hall–Kier alpha value is -1.09. The number of rotatable bonds is 8. The van der Waals surface area contributed by atoms with Gasteiger partial charge in [-0.2, -0.15) is 0 Å². The summed E-state index contributed by atoms with van der Waals surface area (Å²) in [6.45, 7) is 11.8. The summed E-state index contributed by atoms with van der Waals surface area (Å²) in [7, 11) is 2.13. The lowest BCUT2D eigenvalue weighted by atomic mass is 10.2. The van der Waals surface area contributed by atoms with Crippen LogP contribution >= 0.6 is 0 Å². The molecule has 108 valence electrons. The van der Waals surface area contributed by atoms with Gasteiger partial charge in [0.2, 0.25) is 0 Å². The smallest absolute Gasteiger partial charge is 0.128 e. The number of nitrogens with one attached hydrogen (secondary N) is 1. The van der Waals surface area contributed by atoms with Gasteiger partial charge in [0.15, 0.2) is 0 Å². The Morgan fingerprint density at radius 3 is 2.68 bits per heavy atom. The Kier molecular flexibility index (Phi) is 6.85. The molecule has 1 aromatic heterocycles. The molecule has 0 atom stereocenters. The van der Waals surface area contributed by atoms with Crippen LogP contribution < -0.4 is 10.2 Å². The molecule has 1 rings (SSSR count). The zero-order valence-corrected chi connectivity index (χ0v) is 13.2. The van der Waals surface area contributed by atoms with E-state index in [-0.39, 0.29) is 0 Å². The minimum Gasteiger partial charge on any atom is -0.360 e. The highest BCUT2D eigenvalue weighted by molar-refractivity contribution is 5.41. The van der Waals surface area contributed by atoms with Gasteiger partial charge in [-0.3, -0.25) is 0 Å². The maximum absolute atomic E-state index is 4.63. The van der Waals surface area contributed by atoms with Crippen LogP contribution in [0.2, 0.25) is 0 Å². The van der Waals surface area contributed by atoms with Crippen molar-refractivity contribution in [1.82, 2.24) is 10.3 Å². The molecule has 0 saturated heterocycles. The molecule has 0 aromatic carbocycles. The summed E-state index contributed by atoms with van der Waals surface area (Å²) in [6, 6.07) is 4.38. The molecule has 0 unspecified atom stereocenters. The lowest BCUT2D eigenvalue weighted by Crippen LogP contribution is -2.22. The average molecular weight is 263 g/mol. The Morgan fingerprint density at radius 2 is 2.05 bits per heavy atom. The monoisotopic (exact) mass is 263 g/mol. The quantitative estimate of drug-likeness (QED) is 0.779. The summed E-state index contributed by atoms with van der Waals surface area (Å²) in [5.74, 6) is 1.78. The van der Waals surface area contributed by atoms with Crippen molar-refractivity contribution in [2.45, 2.75) is 47.1 Å². The van der Waals surface area contributed by atoms with Crippen LogP contribution in [0, 0.1) is 12.8 Å². The van der Waals surface area contributed by atoms with Gasteiger partial charge >= 0.3 is 0 Å². The summed E-state index contributed by atoms with van der Waals surface area (Å²) in [4.78, 5) is 6.88. The van der Waals surface area contributed by atoms with Gasteiger partial charge in [-0.15, -0.1) is 0 Å². The molecule has 0 saturated carbocycles. The summed E-state index contributed by atoms with van der Waals surface area (Å²) >= 11 is 0. The van der Waals surface area contributed by atoms with Crippen molar-refractivity contribution in [2.75, 3.05) is 25.0 Å². The maximum Gasteiger partial charge on any atom is 0.128 e. The third-order valence-corrected chi connectivity index (χ3v) is 3.12. The number of hydrogen-bond donors (Lipinski definition) is 1. The molecule has 0 spiro atoms. The van der Waals surface area contributed by atoms with E-state index in [2.05, 4.69) is 62.1 Å². The Labute approximate surface area is 118 Å². The SMILES string of the molecule is CCCCN(C)c1cc(CNCC(C)C)cc(C)n1. The van der Waals surface area contributed by atoms with Gasteiger partial charge < -0.3 is 10.2 Å². The van der Waals surface area contributed by atoms with Crippen molar-refractivity contribution in [3.63, 3.8) is 0 Å². The van der Waals surface area contributed by atoms with Crippen LogP contribution in [-0.2, 0) is 6.54 Å². The van der Waals surface area contributed by atoms with Crippen molar-refractivity contribution < 1.29 is 0 Å². The van der Waals surface area contributed by atoms with E-state index in [1.54, 1.807) is 0 Å².